The van der Waals surface area contributed by atoms with Gasteiger partial charge >= 0.3 is 0 Å². The third-order valence-electron chi connectivity index (χ3n) is 2.94. The van der Waals surface area contributed by atoms with Gasteiger partial charge in [-0.05, 0) is 31.5 Å². The highest BCUT2D eigenvalue weighted by atomic mass is 16.5. The maximum absolute atomic E-state index is 6.19. The van der Waals surface area contributed by atoms with Crippen LogP contribution in [0, 0.1) is 6.92 Å². The van der Waals surface area contributed by atoms with Crippen LogP contribution in [0.3, 0.4) is 0 Å². The molecule has 96 valence electrons. The number of aromatic nitrogens is 2. The fraction of sp³-hybridized carbons (Fsp3) is 0.357. The summed E-state index contributed by atoms with van der Waals surface area (Å²) in [7, 11) is 0. The van der Waals surface area contributed by atoms with Crippen molar-refractivity contribution in [1.29, 1.82) is 0 Å². The Labute approximate surface area is 107 Å². The first-order chi connectivity index (χ1) is 8.70. The molecular weight excluding hydrogens is 226 g/mol. The number of nitrogens with two attached hydrogens (primary N) is 1. The second-order valence-corrected chi connectivity index (χ2v) is 4.24. The van der Waals surface area contributed by atoms with Gasteiger partial charge in [-0.15, -0.1) is 0 Å². The molecule has 0 amide bonds. The first-order valence-corrected chi connectivity index (χ1v) is 6.16. The zero-order valence-electron chi connectivity index (χ0n) is 10.8. The van der Waals surface area contributed by atoms with Crippen molar-refractivity contribution in [1.82, 2.24) is 9.55 Å². The number of nitrogens with zero attached hydrogens (tertiary/aromatic N) is 2. The van der Waals surface area contributed by atoms with E-state index >= 15 is 0 Å². The molecule has 0 radical (unpaired) electrons. The lowest BCUT2D eigenvalue weighted by Crippen LogP contribution is -2.17. The van der Waals surface area contributed by atoms with Gasteiger partial charge in [0.05, 0.1) is 6.61 Å². The molecule has 4 nitrogen and oxygen atoms in total. The normalized spacial score (nSPS) is 12.4. The highest BCUT2D eigenvalue weighted by Crippen LogP contribution is 2.18. The smallest absolute Gasteiger partial charge is 0.119 e. The number of ether oxygens (including phenoxy) is 1. The van der Waals surface area contributed by atoms with Gasteiger partial charge in [-0.1, -0.05) is 12.1 Å². The summed E-state index contributed by atoms with van der Waals surface area (Å²) in [6, 6.07) is 7.91. The van der Waals surface area contributed by atoms with E-state index in [1.807, 2.05) is 44.3 Å². The van der Waals surface area contributed by atoms with E-state index in [9.17, 15) is 0 Å². The summed E-state index contributed by atoms with van der Waals surface area (Å²) >= 11 is 0. The molecule has 1 atom stereocenters. The predicted octanol–water partition coefficient (Wildman–Crippen LogP) is 2.29. The van der Waals surface area contributed by atoms with Crippen molar-refractivity contribution in [3.05, 3.63) is 48.0 Å². The van der Waals surface area contributed by atoms with E-state index in [1.54, 1.807) is 6.20 Å². The van der Waals surface area contributed by atoms with Crippen LogP contribution in [0.4, 0.5) is 0 Å². The van der Waals surface area contributed by atoms with E-state index < -0.39 is 0 Å². The Morgan fingerprint density at radius 3 is 2.61 bits per heavy atom. The average molecular weight is 245 g/mol. The van der Waals surface area contributed by atoms with Crippen LogP contribution < -0.4 is 10.5 Å². The number of imidazole rings is 1. The van der Waals surface area contributed by atoms with Crippen LogP contribution in [-0.4, -0.2) is 16.2 Å². The molecule has 0 fully saturated rings. The maximum Gasteiger partial charge on any atom is 0.119 e. The topological polar surface area (TPSA) is 53.1 Å². The molecule has 1 unspecified atom stereocenters. The highest BCUT2D eigenvalue weighted by molar-refractivity contribution is 5.29. The van der Waals surface area contributed by atoms with Gasteiger partial charge in [0.25, 0.3) is 0 Å². The predicted molar refractivity (Wildman–Crippen MR) is 71.5 cm³/mol. The van der Waals surface area contributed by atoms with E-state index in [1.165, 1.54) is 0 Å². The monoisotopic (exact) mass is 245 g/mol. The zero-order chi connectivity index (χ0) is 13.0. The molecule has 0 aliphatic rings. The van der Waals surface area contributed by atoms with Gasteiger partial charge in [-0.25, -0.2) is 4.98 Å². The van der Waals surface area contributed by atoms with Gasteiger partial charge in [0.2, 0.25) is 0 Å². The number of hydrogen-bond donors (Lipinski definition) is 1. The number of benzene rings is 1. The molecule has 0 aliphatic heterocycles. The maximum atomic E-state index is 6.19. The summed E-state index contributed by atoms with van der Waals surface area (Å²) in [5.74, 6) is 1.86. The molecule has 2 rings (SSSR count). The standard InChI is InChI=1S/C14H19N3O/c1-3-18-13-6-4-12(5-7-13)14(15)10-17-9-8-16-11(17)2/h4-9,14H,3,10,15H2,1-2H3. The molecule has 18 heavy (non-hydrogen) atoms. The minimum atomic E-state index is -0.0337. The molecular formula is C14H19N3O. The molecule has 0 bridgehead atoms. The number of rotatable bonds is 5. The van der Waals surface area contributed by atoms with Crippen LogP contribution in [0.25, 0.3) is 0 Å². The third-order valence-corrected chi connectivity index (χ3v) is 2.94. The summed E-state index contributed by atoms with van der Waals surface area (Å²) < 4.78 is 7.47. The Bertz CT molecular complexity index is 490. The summed E-state index contributed by atoms with van der Waals surface area (Å²) in [6.07, 6.45) is 3.74. The zero-order valence-corrected chi connectivity index (χ0v) is 10.8. The molecule has 1 aromatic heterocycles. The number of aryl methyl sites for hydroxylation is 1. The fourth-order valence-corrected chi connectivity index (χ4v) is 1.89. The summed E-state index contributed by atoms with van der Waals surface area (Å²) in [5, 5.41) is 0. The van der Waals surface area contributed by atoms with Crippen LogP contribution in [0.1, 0.15) is 24.4 Å². The van der Waals surface area contributed by atoms with E-state index in [0.29, 0.717) is 6.61 Å². The molecule has 1 aromatic carbocycles. The van der Waals surface area contributed by atoms with E-state index in [0.717, 1.165) is 23.7 Å². The quantitative estimate of drug-likeness (QED) is 0.879. The highest BCUT2D eigenvalue weighted by Gasteiger charge is 2.08. The van der Waals surface area contributed by atoms with Crippen molar-refractivity contribution in [3.8, 4) is 5.75 Å². The second kappa shape index (κ2) is 5.69. The fourth-order valence-electron chi connectivity index (χ4n) is 1.89. The van der Waals surface area contributed by atoms with Crippen molar-refractivity contribution >= 4 is 0 Å². The molecule has 0 spiro atoms. The Kier molecular flexibility index (Phi) is 3.99. The van der Waals surface area contributed by atoms with Crippen LogP contribution in [0.5, 0.6) is 5.75 Å². The lowest BCUT2D eigenvalue weighted by molar-refractivity contribution is 0.340. The molecule has 0 aliphatic carbocycles. The van der Waals surface area contributed by atoms with Crippen molar-refractivity contribution in [2.45, 2.75) is 26.4 Å². The molecule has 1 heterocycles. The molecule has 2 aromatic rings. The van der Waals surface area contributed by atoms with Gasteiger partial charge in [-0.2, -0.15) is 0 Å². The molecule has 4 heteroatoms. The molecule has 0 saturated heterocycles. The van der Waals surface area contributed by atoms with Crippen LogP contribution in [0.15, 0.2) is 36.7 Å². The van der Waals surface area contributed by atoms with Crippen molar-refractivity contribution in [2.75, 3.05) is 6.61 Å². The van der Waals surface area contributed by atoms with Crippen LogP contribution in [0.2, 0.25) is 0 Å². The molecule has 2 N–H and O–H groups in total. The summed E-state index contributed by atoms with van der Waals surface area (Å²) in [5.41, 5.74) is 7.29. The summed E-state index contributed by atoms with van der Waals surface area (Å²) in [4.78, 5) is 4.19. The van der Waals surface area contributed by atoms with Gasteiger partial charge in [0.15, 0.2) is 0 Å². The Morgan fingerprint density at radius 2 is 2.06 bits per heavy atom. The van der Waals surface area contributed by atoms with Crippen molar-refractivity contribution in [3.63, 3.8) is 0 Å². The minimum absolute atomic E-state index is 0.0337. The Balaban J connectivity index is 2.04. The van der Waals surface area contributed by atoms with Crippen molar-refractivity contribution in [2.24, 2.45) is 5.73 Å². The lowest BCUT2D eigenvalue weighted by atomic mass is 10.1. The van der Waals surface area contributed by atoms with Gasteiger partial charge in [0.1, 0.15) is 11.6 Å². The van der Waals surface area contributed by atoms with E-state index in [2.05, 4.69) is 9.55 Å². The summed E-state index contributed by atoms with van der Waals surface area (Å²) in [6.45, 7) is 5.37. The largest absolute Gasteiger partial charge is 0.494 e. The van der Waals surface area contributed by atoms with Gasteiger partial charge in [-0.3, -0.25) is 0 Å². The van der Waals surface area contributed by atoms with E-state index in [-0.39, 0.29) is 6.04 Å². The van der Waals surface area contributed by atoms with Gasteiger partial charge < -0.3 is 15.0 Å². The molecule has 0 saturated carbocycles. The Hall–Kier alpha value is -1.81. The van der Waals surface area contributed by atoms with Crippen LogP contribution in [-0.2, 0) is 6.54 Å². The first kappa shape index (κ1) is 12.6. The average Bonchev–Trinajstić information content (AvgIpc) is 2.76. The van der Waals surface area contributed by atoms with Crippen molar-refractivity contribution < 1.29 is 4.74 Å². The first-order valence-electron chi connectivity index (χ1n) is 6.16. The second-order valence-electron chi connectivity index (χ2n) is 4.24. The lowest BCUT2D eigenvalue weighted by Gasteiger charge is -2.14. The number of hydrogen-bond acceptors (Lipinski definition) is 3. The minimum Gasteiger partial charge on any atom is -0.494 e. The van der Waals surface area contributed by atoms with Gasteiger partial charge in [0, 0.05) is 25.0 Å². The SMILES string of the molecule is CCOc1ccc(C(N)Cn2ccnc2C)cc1. The van der Waals surface area contributed by atoms with E-state index in [4.69, 9.17) is 10.5 Å². The Morgan fingerprint density at radius 1 is 1.33 bits per heavy atom. The van der Waals surface area contributed by atoms with Crippen LogP contribution >= 0.6 is 0 Å². The third kappa shape index (κ3) is 2.90.